The molecule has 0 atom stereocenters. The molecule has 0 unspecified atom stereocenters. The summed E-state index contributed by atoms with van der Waals surface area (Å²) in [6.07, 6.45) is 2.02. The summed E-state index contributed by atoms with van der Waals surface area (Å²) in [7, 11) is -6.00. The van der Waals surface area contributed by atoms with Crippen molar-refractivity contribution in [2.45, 2.75) is 20.8 Å². The highest BCUT2D eigenvalue weighted by Crippen LogP contribution is 2.06. The molecule has 0 aromatic carbocycles. The van der Waals surface area contributed by atoms with Crippen molar-refractivity contribution in [3.63, 3.8) is 0 Å². The van der Waals surface area contributed by atoms with Gasteiger partial charge >= 0.3 is 7.25 Å². The van der Waals surface area contributed by atoms with Crippen molar-refractivity contribution >= 4 is 7.25 Å². The molecule has 0 amide bonds. The zero-order chi connectivity index (χ0) is 12.5. The Morgan fingerprint density at radius 2 is 1.27 bits per heavy atom. The Hall–Kier alpha value is -0.515. The van der Waals surface area contributed by atoms with Crippen LogP contribution in [0.25, 0.3) is 0 Å². The van der Waals surface area contributed by atoms with Crippen molar-refractivity contribution in [2.75, 3.05) is 26.2 Å². The van der Waals surface area contributed by atoms with E-state index in [2.05, 4.69) is 27.4 Å². The van der Waals surface area contributed by atoms with Crippen LogP contribution in [0.5, 0.6) is 0 Å². The minimum Gasteiger partial charge on any atom is -0.418 e. The molecule has 15 heavy (non-hydrogen) atoms. The van der Waals surface area contributed by atoms with E-state index >= 15 is 0 Å². The first kappa shape index (κ1) is 16.9. The predicted molar refractivity (Wildman–Crippen MR) is 57.1 cm³/mol. The number of hydrogen-bond donors (Lipinski definition) is 0. The molecule has 0 saturated carbocycles. The smallest absolute Gasteiger partial charge is 0.418 e. The van der Waals surface area contributed by atoms with E-state index in [1.807, 2.05) is 6.08 Å². The molecule has 6 heteroatoms. The average molecular weight is 229 g/mol. The number of hydrogen-bond acceptors (Lipinski definition) is 0. The Labute approximate surface area is 89.5 Å². The lowest BCUT2D eigenvalue weighted by Crippen LogP contribution is -2.47. The molecule has 0 bridgehead atoms. The molecule has 0 rings (SSSR count). The molecular weight excluding hydrogens is 209 g/mol. The molecule has 0 N–H and O–H groups in total. The Balaban J connectivity index is 0. The molecule has 0 saturated heterocycles. The van der Waals surface area contributed by atoms with E-state index in [9.17, 15) is 17.3 Å². The van der Waals surface area contributed by atoms with Gasteiger partial charge in [-0.05, 0) is 26.8 Å². The number of nitrogens with zero attached hydrogens (tertiary/aromatic N) is 1. The molecule has 0 fully saturated rings. The molecule has 0 spiro atoms. The summed E-state index contributed by atoms with van der Waals surface area (Å²) in [4.78, 5) is 0. The van der Waals surface area contributed by atoms with Crippen LogP contribution in [0, 0.1) is 0 Å². The van der Waals surface area contributed by atoms with Gasteiger partial charge in [-0.15, -0.1) is 0 Å². The van der Waals surface area contributed by atoms with Crippen LogP contribution in [0.15, 0.2) is 12.7 Å². The van der Waals surface area contributed by atoms with Crippen LogP contribution in [0.2, 0.25) is 0 Å². The fraction of sp³-hybridized carbons (Fsp3) is 0.778. The minimum atomic E-state index is -6.00. The quantitative estimate of drug-likeness (QED) is 0.293. The topological polar surface area (TPSA) is 0 Å². The Morgan fingerprint density at radius 1 is 1.00 bits per heavy atom. The van der Waals surface area contributed by atoms with Crippen LogP contribution < -0.4 is 0 Å². The van der Waals surface area contributed by atoms with E-state index in [-0.39, 0.29) is 0 Å². The fourth-order valence-electron chi connectivity index (χ4n) is 1.33. The van der Waals surface area contributed by atoms with Gasteiger partial charge in [-0.1, -0.05) is 6.58 Å². The standard InChI is InChI=1S/C9H20N.BF4/c1-5-9-10(6-2,7-3)8-4;2-1(3,4)5/h5H,1,6-9H2,2-4H3;/q+1;-1. The Bertz CT molecular complexity index is 152. The largest absolute Gasteiger partial charge is 0.673 e. The molecular formula is C9H20BF4N. The van der Waals surface area contributed by atoms with Crippen LogP contribution in [-0.2, 0) is 0 Å². The summed E-state index contributed by atoms with van der Waals surface area (Å²) in [6, 6.07) is 0. The highest BCUT2D eigenvalue weighted by molar-refractivity contribution is 6.50. The first-order chi connectivity index (χ1) is 6.74. The van der Waals surface area contributed by atoms with Crippen molar-refractivity contribution in [1.29, 1.82) is 0 Å². The van der Waals surface area contributed by atoms with Gasteiger partial charge in [0.1, 0.15) is 0 Å². The van der Waals surface area contributed by atoms with Gasteiger partial charge in [0.25, 0.3) is 0 Å². The first-order valence-corrected chi connectivity index (χ1v) is 5.08. The summed E-state index contributed by atoms with van der Waals surface area (Å²) < 4.78 is 40.2. The Kier molecular flexibility index (Phi) is 8.71. The summed E-state index contributed by atoms with van der Waals surface area (Å²) in [6.45, 7) is 15.3. The van der Waals surface area contributed by atoms with Gasteiger partial charge in [-0.25, -0.2) is 0 Å². The van der Waals surface area contributed by atoms with Gasteiger partial charge in [0.15, 0.2) is 0 Å². The zero-order valence-corrected chi connectivity index (χ0v) is 9.65. The van der Waals surface area contributed by atoms with Gasteiger partial charge < -0.3 is 21.7 Å². The van der Waals surface area contributed by atoms with E-state index in [1.54, 1.807) is 0 Å². The van der Waals surface area contributed by atoms with E-state index in [4.69, 9.17) is 0 Å². The van der Waals surface area contributed by atoms with Gasteiger partial charge in [-0.2, -0.15) is 0 Å². The van der Waals surface area contributed by atoms with Crippen molar-refractivity contribution in [3.8, 4) is 0 Å². The highest BCUT2D eigenvalue weighted by atomic mass is 19.5. The fourth-order valence-corrected chi connectivity index (χ4v) is 1.33. The predicted octanol–water partition coefficient (Wildman–Crippen LogP) is 3.35. The minimum absolute atomic E-state index is 1.11. The molecule has 0 aromatic heterocycles. The maximum absolute atomic E-state index is 9.75. The van der Waals surface area contributed by atoms with Gasteiger partial charge in [0, 0.05) is 0 Å². The molecule has 0 aliphatic carbocycles. The van der Waals surface area contributed by atoms with E-state index < -0.39 is 7.25 Å². The SMILES string of the molecule is C=CC[N+](CC)(CC)CC.F[B-](F)(F)F. The molecule has 92 valence electrons. The summed E-state index contributed by atoms with van der Waals surface area (Å²) in [5, 5.41) is 0. The lowest BCUT2D eigenvalue weighted by Gasteiger charge is -2.34. The van der Waals surface area contributed by atoms with Crippen molar-refractivity contribution in [1.82, 2.24) is 0 Å². The maximum Gasteiger partial charge on any atom is 0.673 e. The van der Waals surface area contributed by atoms with Gasteiger partial charge in [0.2, 0.25) is 0 Å². The summed E-state index contributed by atoms with van der Waals surface area (Å²) >= 11 is 0. The third-order valence-corrected chi connectivity index (χ3v) is 2.53. The maximum atomic E-state index is 9.75. The zero-order valence-electron chi connectivity index (χ0n) is 9.65. The number of rotatable bonds is 5. The second-order valence-electron chi connectivity index (χ2n) is 3.26. The number of likely N-dealkylation sites (N-methyl/N-ethyl adjacent to an activating group) is 1. The second-order valence-corrected chi connectivity index (χ2v) is 3.26. The van der Waals surface area contributed by atoms with Crippen molar-refractivity contribution < 1.29 is 21.7 Å². The van der Waals surface area contributed by atoms with E-state index in [0.29, 0.717) is 0 Å². The normalized spacial score (nSPS) is 11.7. The molecule has 0 aliphatic heterocycles. The molecule has 0 aliphatic rings. The third kappa shape index (κ3) is 11.4. The van der Waals surface area contributed by atoms with Crippen LogP contribution in [0.1, 0.15) is 20.8 Å². The lowest BCUT2D eigenvalue weighted by atomic mass is 10.3. The molecule has 0 aromatic rings. The monoisotopic (exact) mass is 229 g/mol. The van der Waals surface area contributed by atoms with Crippen LogP contribution >= 0.6 is 0 Å². The number of halogens is 4. The van der Waals surface area contributed by atoms with Crippen molar-refractivity contribution in [3.05, 3.63) is 12.7 Å². The lowest BCUT2D eigenvalue weighted by molar-refractivity contribution is -0.917. The molecule has 0 radical (unpaired) electrons. The van der Waals surface area contributed by atoms with E-state index in [0.717, 1.165) is 6.54 Å². The van der Waals surface area contributed by atoms with Gasteiger partial charge in [0.05, 0.1) is 26.2 Å². The highest BCUT2D eigenvalue weighted by Gasteiger charge is 2.20. The summed E-state index contributed by atoms with van der Waals surface area (Å²) in [5.74, 6) is 0. The number of quaternary nitrogens is 1. The van der Waals surface area contributed by atoms with Crippen LogP contribution in [0.4, 0.5) is 17.3 Å². The Morgan fingerprint density at radius 3 is 1.33 bits per heavy atom. The first-order valence-electron chi connectivity index (χ1n) is 5.08. The molecule has 1 nitrogen and oxygen atoms in total. The van der Waals surface area contributed by atoms with Gasteiger partial charge in [-0.3, -0.25) is 0 Å². The molecule has 0 heterocycles. The van der Waals surface area contributed by atoms with Crippen LogP contribution in [0.3, 0.4) is 0 Å². The second kappa shape index (κ2) is 7.73. The summed E-state index contributed by atoms with van der Waals surface area (Å²) in [5.41, 5.74) is 0. The van der Waals surface area contributed by atoms with Crippen molar-refractivity contribution in [2.24, 2.45) is 0 Å². The van der Waals surface area contributed by atoms with Crippen LogP contribution in [-0.4, -0.2) is 37.9 Å². The average Bonchev–Trinajstić information content (AvgIpc) is 2.12. The van der Waals surface area contributed by atoms with E-state index in [1.165, 1.54) is 24.1 Å². The third-order valence-electron chi connectivity index (χ3n) is 2.53.